The molecule has 1 N–H and O–H groups in total. The molecular weight excluding hydrogens is 290 g/mol. The Morgan fingerprint density at radius 1 is 1.48 bits per heavy atom. The van der Waals surface area contributed by atoms with E-state index in [-0.39, 0.29) is 29.4 Å². The number of rotatable bonds is 4. The van der Waals surface area contributed by atoms with Crippen molar-refractivity contribution in [2.75, 3.05) is 18.8 Å². The first-order valence-electron chi connectivity index (χ1n) is 7.14. The number of morpholine rings is 1. The van der Waals surface area contributed by atoms with Crippen LogP contribution in [0.2, 0.25) is 0 Å². The van der Waals surface area contributed by atoms with Crippen molar-refractivity contribution < 1.29 is 9.53 Å². The number of carbonyl (C=O) groups is 1. The molecule has 1 aromatic rings. The second-order valence-corrected chi connectivity index (χ2v) is 6.20. The first-order chi connectivity index (χ1) is 9.97. The number of carbonyl (C=O) groups excluding carboxylic acids is 1. The zero-order chi connectivity index (χ0) is 15.4. The fraction of sp³-hybridized carbons (Fsp3) is 0.643. The summed E-state index contributed by atoms with van der Waals surface area (Å²) in [6.45, 7) is 7.10. The third-order valence-electron chi connectivity index (χ3n) is 3.24. The minimum absolute atomic E-state index is 0.0477. The minimum Gasteiger partial charge on any atom is -0.372 e. The van der Waals surface area contributed by atoms with E-state index >= 15 is 0 Å². The summed E-state index contributed by atoms with van der Waals surface area (Å²) in [5.41, 5.74) is 0.563. The summed E-state index contributed by atoms with van der Waals surface area (Å²) in [5, 5.41) is 0.502. The van der Waals surface area contributed by atoms with E-state index in [9.17, 15) is 9.59 Å². The molecule has 6 nitrogen and oxygen atoms in total. The normalized spacial score (nSPS) is 22.3. The highest BCUT2D eigenvalue weighted by Crippen LogP contribution is 2.16. The van der Waals surface area contributed by atoms with Crippen molar-refractivity contribution in [3.05, 3.63) is 22.1 Å². The highest BCUT2D eigenvalue weighted by atomic mass is 32.2. The largest absolute Gasteiger partial charge is 0.372 e. The van der Waals surface area contributed by atoms with Gasteiger partial charge in [-0.1, -0.05) is 18.7 Å². The van der Waals surface area contributed by atoms with Crippen LogP contribution in [-0.4, -0.2) is 51.8 Å². The van der Waals surface area contributed by atoms with Crippen LogP contribution in [0.5, 0.6) is 0 Å². The quantitative estimate of drug-likeness (QED) is 0.665. The van der Waals surface area contributed by atoms with E-state index in [0.29, 0.717) is 24.7 Å². The maximum Gasteiger partial charge on any atom is 0.251 e. The van der Waals surface area contributed by atoms with Crippen LogP contribution in [0.15, 0.2) is 16.0 Å². The smallest absolute Gasteiger partial charge is 0.251 e. The fourth-order valence-electron chi connectivity index (χ4n) is 2.34. The molecule has 1 amide bonds. The zero-order valence-electron chi connectivity index (χ0n) is 12.6. The van der Waals surface area contributed by atoms with Crippen LogP contribution in [0.4, 0.5) is 0 Å². The summed E-state index contributed by atoms with van der Waals surface area (Å²) < 4.78 is 5.61. The number of aromatic amines is 1. The maximum atomic E-state index is 12.2. The standard InChI is InChI=1S/C14H21N3O3S/c1-4-11-5-12(18)16-14(15-11)21-8-13(19)17-6-9(2)20-10(3)7-17/h5,9-10H,4,6-8H2,1-3H3,(H,15,16,18)/t9-,10-/m0/s1. The van der Waals surface area contributed by atoms with Gasteiger partial charge >= 0.3 is 0 Å². The van der Waals surface area contributed by atoms with Gasteiger partial charge in [0.2, 0.25) is 5.91 Å². The summed E-state index contributed by atoms with van der Waals surface area (Å²) in [4.78, 5) is 32.5. The van der Waals surface area contributed by atoms with Crippen molar-refractivity contribution in [2.24, 2.45) is 0 Å². The molecule has 116 valence electrons. The molecule has 0 radical (unpaired) electrons. The number of nitrogens with one attached hydrogen (secondary N) is 1. The van der Waals surface area contributed by atoms with Crippen LogP contribution in [0.1, 0.15) is 26.5 Å². The lowest BCUT2D eigenvalue weighted by Gasteiger charge is -2.35. The van der Waals surface area contributed by atoms with Gasteiger partial charge in [0.05, 0.1) is 18.0 Å². The Labute approximate surface area is 128 Å². The van der Waals surface area contributed by atoms with Crippen LogP contribution in [-0.2, 0) is 16.0 Å². The van der Waals surface area contributed by atoms with Gasteiger partial charge in [-0.15, -0.1) is 0 Å². The Hall–Kier alpha value is -1.34. The second kappa shape index (κ2) is 7.09. The Bertz CT molecular complexity index is 551. The molecule has 0 aliphatic carbocycles. The number of hydrogen-bond acceptors (Lipinski definition) is 5. The average Bonchev–Trinajstić information content (AvgIpc) is 2.43. The molecule has 1 aliphatic heterocycles. The van der Waals surface area contributed by atoms with Crippen LogP contribution in [0.3, 0.4) is 0 Å². The zero-order valence-corrected chi connectivity index (χ0v) is 13.4. The highest BCUT2D eigenvalue weighted by Gasteiger charge is 2.25. The van der Waals surface area contributed by atoms with E-state index in [1.807, 2.05) is 25.7 Å². The summed E-state index contributed by atoms with van der Waals surface area (Å²) in [6, 6.07) is 1.48. The van der Waals surface area contributed by atoms with Crippen LogP contribution < -0.4 is 5.56 Å². The van der Waals surface area contributed by atoms with Gasteiger partial charge in [-0.2, -0.15) is 0 Å². The van der Waals surface area contributed by atoms with Gasteiger partial charge in [-0.25, -0.2) is 4.98 Å². The molecule has 21 heavy (non-hydrogen) atoms. The summed E-state index contributed by atoms with van der Waals surface area (Å²) in [7, 11) is 0. The molecule has 2 heterocycles. The minimum atomic E-state index is -0.176. The lowest BCUT2D eigenvalue weighted by molar-refractivity contribution is -0.140. The van der Waals surface area contributed by atoms with E-state index in [4.69, 9.17) is 4.74 Å². The molecule has 1 saturated heterocycles. The van der Waals surface area contributed by atoms with Crippen LogP contribution in [0, 0.1) is 0 Å². The number of aromatic nitrogens is 2. The van der Waals surface area contributed by atoms with Crippen molar-refractivity contribution in [3.63, 3.8) is 0 Å². The SMILES string of the molecule is CCc1cc(=O)[nH]c(SCC(=O)N2C[C@H](C)O[C@@H](C)C2)n1. The molecular formula is C14H21N3O3S. The first kappa shape index (κ1) is 16.0. The number of nitrogens with zero attached hydrogens (tertiary/aromatic N) is 2. The molecule has 7 heteroatoms. The van der Waals surface area contributed by atoms with Crippen molar-refractivity contribution in [1.29, 1.82) is 0 Å². The van der Waals surface area contributed by atoms with Crippen molar-refractivity contribution >= 4 is 17.7 Å². The summed E-state index contributed by atoms with van der Waals surface area (Å²) >= 11 is 1.27. The van der Waals surface area contributed by atoms with Gasteiger partial charge in [0.15, 0.2) is 5.16 Å². The van der Waals surface area contributed by atoms with E-state index in [2.05, 4.69) is 9.97 Å². The lowest BCUT2D eigenvalue weighted by Crippen LogP contribution is -2.48. The van der Waals surface area contributed by atoms with Gasteiger partial charge in [0, 0.05) is 24.8 Å². The van der Waals surface area contributed by atoms with Crippen LogP contribution in [0.25, 0.3) is 0 Å². The predicted octanol–water partition coefficient (Wildman–Crippen LogP) is 1.06. The monoisotopic (exact) mass is 311 g/mol. The van der Waals surface area contributed by atoms with Gasteiger partial charge in [0.25, 0.3) is 5.56 Å². The lowest BCUT2D eigenvalue weighted by atomic mass is 10.2. The molecule has 2 atom stereocenters. The molecule has 0 saturated carbocycles. The van der Waals surface area contributed by atoms with E-state index in [0.717, 1.165) is 5.69 Å². The van der Waals surface area contributed by atoms with Crippen molar-refractivity contribution in [2.45, 2.75) is 44.6 Å². The number of H-pyrrole nitrogens is 1. The number of thioether (sulfide) groups is 1. The molecule has 2 rings (SSSR count). The van der Waals surface area contributed by atoms with Crippen molar-refractivity contribution in [3.8, 4) is 0 Å². The first-order valence-corrected chi connectivity index (χ1v) is 8.12. The van der Waals surface area contributed by atoms with E-state index < -0.39 is 0 Å². The molecule has 0 unspecified atom stereocenters. The Kier molecular flexibility index (Phi) is 5.41. The summed E-state index contributed by atoms with van der Waals surface area (Å²) in [5.74, 6) is 0.321. The number of hydrogen-bond donors (Lipinski definition) is 1. The number of amides is 1. The fourth-order valence-corrected chi connectivity index (χ4v) is 3.13. The van der Waals surface area contributed by atoms with Gasteiger partial charge < -0.3 is 14.6 Å². The Morgan fingerprint density at radius 2 is 2.14 bits per heavy atom. The predicted molar refractivity (Wildman–Crippen MR) is 81.5 cm³/mol. The average molecular weight is 311 g/mol. The van der Waals surface area contributed by atoms with E-state index in [1.165, 1.54) is 17.8 Å². The Balaban J connectivity index is 1.94. The van der Waals surface area contributed by atoms with Crippen LogP contribution >= 0.6 is 11.8 Å². The molecule has 0 bridgehead atoms. The summed E-state index contributed by atoms with van der Waals surface area (Å²) in [6.07, 6.45) is 0.817. The molecule has 0 aromatic carbocycles. The molecule has 1 aromatic heterocycles. The van der Waals surface area contributed by atoms with Gasteiger partial charge in [-0.05, 0) is 20.3 Å². The third-order valence-corrected chi connectivity index (χ3v) is 4.10. The van der Waals surface area contributed by atoms with Gasteiger partial charge in [-0.3, -0.25) is 9.59 Å². The number of aryl methyl sites for hydroxylation is 1. The topological polar surface area (TPSA) is 75.3 Å². The van der Waals surface area contributed by atoms with E-state index in [1.54, 1.807) is 0 Å². The molecule has 0 spiro atoms. The van der Waals surface area contributed by atoms with Crippen molar-refractivity contribution in [1.82, 2.24) is 14.9 Å². The van der Waals surface area contributed by atoms with Gasteiger partial charge in [0.1, 0.15) is 0 Å². The highest BCUT2D eigenvalue weighted by molar-refractivity contribution is 7.99. The number of ether oxygens (including phenoxy) is 1. The third kappa shape index (κ3) is 4.57. The second-order valence-electron chi connectivity index (χ2n) is 5.24. The molecule has 1 fully saturated rings. The molecule has 1 aliphatic rings. The Morgan fingerprint density at radius 3 is 2.76 bits per heavy atom. The maximum absolute atomic E-state index is 12.2.